The molecule has 0 aliphatic carbocycles. The molecule has 1 rings (SSSR count). The van der Waals surface area contributed by atoms with E-state index in [1.807, 2.05) is 6.08 Å². The van der Waals surface area contributed by atoms with Gasteiger partial charge in [-0.25, -0.2) is 0 Å². The number of hydrogen-bond donors (Lipinski definition) is 2. The van der Waals surface area contributed by atoms with Gasteiger partial charge >= 0.3 is 0 Å². The second-order valence-electron chi connectivity index (χ2n) is 3.63. The Labute approximate surface area is 79.8 Å². The molecule has 0 aromatic heterocycles. The zero-order chi connectivity index (χ0) is 9.57. The van der Waals surface area contributed by atoms with E-state index >= 15 is 0 Å². The van der Waals surface area contributed by atoms with Crippen LogP contribution in [0.2, 0.25) is 0 Å². The first kappa shape index (κ1) is 10.7. The van der Waals surface area contributed by atoms with Crippen LogP contribution in [0.25, 0.3) is 0 Å². The fraction of sp³-hybridized carbons (Fsp3) is 0.800. The molecular formula is C10H19NO2. The minimum Gasteiger partial charge on any atom is -0.386 e. The van der Waals surface area contributed by atoms with Gasteiger partial charge in [0.2, 0.25) is 0 Å². The maximum atomic E-state index is 9.84. The molecule has 1 fully saturated rings. The molecule has 2 N–H and O–H groups in total. The fourth-order valence-corrected chi connectivity index (χ4v) is 1.43. The Balaban J connectivity index is 2.01. The van der Waals surface area contributed by atoms with Crippen LogP contribution < -0.4 is 5.32 Å². The molecule has 1 atom stereocenters. The molecule has 0 bridgehead atoms. The van der Waals surface area contributed by atoms with Crippen molar-refractivity contribution in [3.63, 3.8) is 0 Å². The highest BCUT2D eigenvalue weighted by atomic mass is 16.5. The molecule has 1 unspecified atom stereocenters. The maximum Gasteiger partial charge on any atom is 0.102 e. The Kier molecular flexibility index (Phi) is 4.42. The first-order chi connectivity index (χ1) is 6.27. The predicted molar refractivity (Wildman–Crippen MR) is 52.7 cm³/mol. The van der Waals surface area contributed by atoms with Gasteiger partial charge in [-0.3, -0.25) is 0 Å². The Morgan fingerprint density at radius 1 is 1.62 bits per heavy atom. The van der Waals surface area contributed by atoms with Crippen LogP contribution in [0.1, 0.15) is 19.3 Å². The molecule has 0 amide bonds. The van der Waals surface area contributed by atoms with Gasteiger partial charge in [0.15, 0.2) is 0 Å². The lowest BCUT2D eigenvalue weighted by Crippen LogP contribution is -2.41. The second-order valence-corrected chi connectivity index (χ2v) is 3.63. The van der Waals surface area contributed by atoms with Crippen molar-refractivity contribution in [1.29, 1.82) is 0 Å². The van der Waals surface area contributed by atoms with Gasteiger partial charge in [-0.1, -0.05) is 6.08 Å². The lowest BCUT2D eigenvalue weighted by Gasteiger charge is -2.20. The zero-order valence-electron chi connectivity index (χ0n) is 8.09. The van der Waals surface area contributed by atoms with Gasteiger partial charge in [0, 0.05) is 19.6 Å². The molecule has 1 aliphatic rings. The number of hydrogen-bond acceptors (Lipinski definition) is 3. The molecule has 0 radical (unpaired) electrons. The normalized spacial score (nSPS) is 27.8. The Morgan fingerprint density at radius 3 is 3.08 bits per heavy atom. The standard InChI is InChI=1S/C10H19NO2/c1-2-3-4-6-11-8-10(12)5-7-13-9-10/h2,11-12H,1,3-9H2. The fourth-order valence-electron chi connectivity index (χ4n) is 1.43. The van der Waals surface area contributed by atoms with E-state index in [-0.39, 0.29) is 0 Å². The van der Waals surface area contributed by atoms with Crippen molar-refractivity contribution in [1.82, 2.24) is 5.32 Å². The Hall–Kier alpha value is -0.380. The molecule has 0 saturated carbocycles. The van der Waals surface area contributed by atoms with Crippen LogP contribution in [0.4, 0.5) is 0 Å². The largest absolute Gasteiger partial charge is 0.386 e. The molecule has 0 spiro atoms. The summed E-state index contributed by atoms with van der Waals surface area (Å²) < 4.78 is 5.13. The van der Waals surface area contributed by atoms with Gasteiger partial charge in [-0.05, 0) is 19.4 Å². The Bertz CT molecular complexity index is 153. The summed E-state index contributed by atoms with van der Waals surface area (Å²) in [5, 5.41) is 13.1. The zero-order valence-corrected chi connectivity index (χ0v) is 8.09. The molecular weight excluding hydrogens is 166 g/mol. The number of ether oxygens (including phenoxy) is 1. The third kappa shape index (κ3) is 3.89. The highest BCUT2D eigenvalue weighted by molar-refractivity contribution is 4.84. The molecule has 0 aromatic carbocycles. The molecule has 76 valence electrons. The third-order valence-corrected chi connectivity index (χ3v) is 2.30. The Morgan fingerprint density at radius 2 is 2.46 bits per heavy atom. The van der Waals surface area contributed by atoms with Crippen molar-refractivity contribution in [2.24, 2.45) is 0 Å². The average Bonchev–Trinajstić information content (AvgIpc) is 2.53. The van der Waals surface area contributed by atoms with Crippen LogP contribution in [0, 0.1) is 0 Å². The van der Waals surface area contributed by atoms with Crippen LogP contribution in [0.5, 0.6) is 0 Å². The van der Waals surface area contributed by atoms with Crippen molar-refractivity contribution in [2.75, 3.05) is 26.3 Å². The van der Waals surface area contributed by atoms with Gasteiger partial charge in [-0.2, -0.15) is 0 Å². The summed E-state index contributed by atoms with van der Waals surface area (Å²) in [5.74, 6) is 0. The first-order valence-electron chi connectivity index (χ1n) is 4.89. The number of aliphatic hydroxyl groups is 1. The summed E-state index contributed by atoms with van der Waals surface area (Å²) in [4.78, 5) is 0. The quantitative estimate of drug-likeness (QED) is 0.472. The highest BCUT2D eigenvalue weighted by Gasteiger charge is 2.31. The van der Waals surface area contributed by atoms with E-state index in [0.29, 0.717) is 19.8 Å². The lowest BCUT2D eigenvalue weighted by atomic mass is 10.0. The second kappa shape index (κ2) is 5.37. The van der Waals surface area contributed by atoms with Gasteiger partial charge in [0.25, 0.3) is 0 Å². The van der Waals surface area contributed by atoms with Crippen LogP contribution >= 0.6 is 0 Å². The summed E-state index contributed by atoms with van der Waals surface area (Å²) in [7, 11) is 0. The van der Waals surface area contributed by atoms with E-state index in [9.17, 15) is 5.11 Å². The van der Waals surface area contributed by atoms with Crippen molar-refractivity contribution in [3.8, 4) is 0 Å². The van der Waals surface area contributed by atoms with E-state index < -0.39 is 5.60 Å². The van der Waals surface area contributed by atoms with E-state index in [1.165, 1.54) is 0 Å². The minimum atomic E-state index is -0.617. The first-order valence-corrected chi connectivity index (χ1v) is 4.89. The summed E-state index contributed by atoms with van der Waals surface area (Å²) in [6.07, 6.45) is 4.78. The topological polar surface area (TPSA) is 41.5 Å². The predicted octanol–water partition coefficient (Wildman–Crippen LogP) is 0.694. The van der Waals surface area contributed by atoms with Gasteiger partial charge in [0.1, 0.15) is 5.60 Å². The SMILES string of the molecule is C=CCCCNCC1(O)CCOC1. The van der Waals surface area contributed by atoms with E-state index in [0.717, 1.165) is 25.8 Å². The van der Waals surface area contributed by atoms with Crippen LogP contribution in [-0.4, -0.2) is 37.0 Å². The minimum absolute atomic E-state index is 0.474. The maximum absolute atomic E-state index is 9.84. The van der Waals surface area contributed by atoms with Crippen molar-refractivity contribution < 1.29 is 9.84 Å². The molecule has 3 heteroatoms. The van der Waals surface area contributed by atoms with Crippen molar-refractivity contribution >= 4 is 0 Å². The number of nitrogens with one attached hydrogen (secondary N) is 1. The number of unbranched alkanes of at least 4 members (excludes halogenated alkanes) is 1. The lowest BCUT2D eigenvalue weighted by molar-refractivity contribution is 0.0272. The third-order valence-electron chi connectivity index (χ3n) is 2.30. The summed E-state index contributed by atoms with van der Waals surface area (Å²) >= 11 is 0. The summed E-state index contributed by atoms with van der Waals surface area (Å²) in [6.45, 7) is 6.39. The van der Waals surface area contributed by atoms with E-state index in [1.54, 1.807) is 0 Å². The molecule has 1 aliphatic heterocycles. The summed E-state index contributed by atoms with van der Waals surface area (Å²) in [5.41, 5.74) is -0.617. The molecule has 1 heterocycles. The van der Waals surface area contributed by atoms with Crippen LogP contribution in [0.15, 0.2) is 12.7 Å². The molecule has 1 saturated heterocycles. The number of rotatable bonds is 6. The van der Waals surface area contributed by atoms with Crippen LogP contribution in [0.3, 0.4) is 0 Å². The molecule has 0 aromatic rings. The average molecular weight is 185 g/mol. The smallest absolute Gasteiger partial charge is 0.102 e. The van der Waals surface area contributed by atoms with Crippen molar-refractivity contribution in [2.45, 2.75) is 24.9 Å². The summed E-state index contributed by atoms with van der Waals surface area (Å²) in [6, 6.07) is 0. The monoisotopic (exact) mass is 185 g/mol. The van der Waals surface area contributed by atoms with E-state index in [2.05, 4.69) is 11.9 Å². The van der Waals surface area contributed by atoms with Crippen LogP contribution in [-0.2, 0) is 4.74 Å². The number of allylic oxidation sites excluding steroid dienone is 1. The van der Waals surface area contributed by atoms with E-state index in [4.69, 9.17) is 4.74 Å². The van der Waals surface area contributed by atoms with Gasteiger partial charge in [-0.15, -0.1) is 6.58 Å². The van der Waals surface area contributed by atoms with Gasteiger partial charge in [0.05, 0.1) is 6.61 Å². The molecule has 3 nitrogen and oxygen atoms in total. The highest BCUT2D eigenvalue weighted by Crippen LogP contribution is 2.16. The van der Waals surface area contributed by atoms with Crippen molar-refractivity contribution in [3.05, 3.63) is 12.7 Å². The molecule has 13 heavy (non-hydrogen) atoms. The van der Waals surface area contributed by atoms with Gasteiger partial charge < -0.3 is 15.2 Å².